The van der Waals surface area contributed by atoms with Gasteiger partial charge in [0.1, 0.15) is 5.82 Å². The third-order valence-corrected chi connectivity index (χ3v) is 3.84. The van der Waals surface area contributed by atoms with Crippen molar-refractivity contribution in [2.75, 3.05) is 6.54 Å². The van der Waals surface area contributed by atoms with Gasteiger partial charge in [-0.3, -0.25) is 4.68 Å². The van der Waals surface area contributed by atoms with Gasteiger partial charge in [0.15, 0.2) is 0 Å². The Morgan fingerprint density at radius 3 is 2.79 bits per heavy atom. The van der Waals surface area contributed by atoms with Crippen LogP contribution in [-0.2, 0) is 13.5 Å². The van der Waals surface area contributed by atoms with E-state index < -0.39 is 0 Å². The molecule has 0 saturated heterocycles. The van der Waals surface area contributed by atoms with Crippen molar-refractivity contribution in [2.45, 2.75) is 19.4 Å². The fourth-order valence-corrected chi connectivity index (χ4v) is 2.67. The Balaban J connectivity index is 2.24. The summed E-state index contributed by atoms with van der Waals surface area (Å²) in [6.45, 7) is 2.94. The molecule has 2 rings (SSSR count). The Morgan fingerprint density at radius 1 is 1.42 bits per heavy atom. The molecule has 102 valence electrons. The van der Waals surface area contributed by atoms with Gasteiger partial charge in [-0.25, -0.2) is 4.39 Å². The van der Waals surface area contributed by atoms with E-state index in [9.17, 15) is 4.39 Å². The molecule has 19 heavy (non-hydrogen) atoms. The second-order valence-electron chi connectivity index (χ2n) is 4.43. The predicted octanol–water partition coefficient (Wildman–Crippen LogP) is 3.22. The lowest BCUT2D eigenvalue weighted by atomic mass is 10.0. The van der Waals surface area contributed by atoms with Crippen molar-refractivity contribution in [1.82, 2.24) is 15.1 Å². The lowest BCUT2D eigenvalue weighted by molar-refractivity contribution is 0.506. The largest absolute Gasteiger partial charge is 0.309 e. The second-order valence-corrected chi connectivity index (χ2v) is 5.28. The monoisotopic (exact) mass is 325 g/mol. The highest BCUT2D eigenvalue weighted by molar-refractivity contribution is 9.10. The Bertz CT molecular complexity index is 553. The van der Waals surface area contributed by atoms with Crippen LogP contribution in [0.2, 0.25) is 0 Å². The van der Waals surface area contributed by atoms with Crippen LogP contribution >= 0.6 is 15.9 Å². The molecule has 0 aliphatic rings. The van der Waals surface area contributed by atoms with E-state index in [-0.39, 0.29) is 11.9 Å². The Labute approximate surface area is 121 Å². The summed E-state index contributed by atoms with van der Waals surface area (Å²) in [5.74, 6) is -0.226. The molecule has 0 fully saturated rings. The number of hydrogen-bond donors (Lipinski definition) is 1. The van der Waals surface area contributed by atoms with Gasteiger partial charge in [-0.05, 0) is 36.7 Å². The van der Waals surface area contributed by atoms with Crippen LogP contribution < -0.4 is 5.32 Å². The van der Waals surface area contributed by atoms with Crippen LogP contribution in [-0.4, -0.2) is 16.3 Å². The summed E-state index contributed by atoms with van der Waals surface area (Å²) in [5, 5.41) is 7.64. The summed E-state index contributed by atoms with van der Waals surface area (Å²) in [6, 6.07) is 6.98. The molecule has 3 nitrogen and oxygen atoms in total. The number of benzene rings is 1. The van der Waals surface area contributed by atoms with Gasteiger partial charge in [-0.15, -0.1) is 0 Å². The highest BCUT2D eigenvalue weighted by Gasteiger charge is 2.16. The van der Waals surface area contributed by atoms with Crippen LogP contribution in [0.25, 0.3) is 0 Å². The van der Waals surface area contributed by atoms with E-state index >= 15 is 0 Å². The summed E-state index contributed by atoms with van der Waals surface area (Å²) in [6.07, 6.45) is 2.58. The van der Waals surface area contributed by atoms with E-state index in [2.05, 4.69) is 33.3 Å². The number of halogens is 2. The molecule has 0 amide bonds. The van der Waals surface area contributed by atoms with Gasteiger partial charge in [0.2, 0.25) is 0 Å². The first-order valence-corrected chi connectivity index (χ1v) is 7.06. The maximum atomic E-state index is 13.1. The summed E-state index contributed by atoms with van der Waals surface area (Å²) >= 11 is 3.42. The van der Waals surface area contributed by atoms with Crippen molar-refractivity contribution >= 4 is 15.9 Å². The van der Waals surface area contributed by atoms with Gasteiger partial charge in [0, 0.05) is 17.7 Å². The molecule has 0 bridgehead atoms. The number of hydrogen-bond acceptors (Lipinski definition) is 2. The fraction of sp³-hybridized carbons (Fsp3) is 0.357. The average Bonchev–Trinajstić information content (AvgIpc) is 2.78. The molecule has 1 aromatic carbocycles. The normalized spacial score (nSPS) is 12.6. The zero-order valence-electron chi connectivity index (χ0n) is 11.0. The second kappa shape index (κ2) is 6.30. The van der Waals surface area contributed by atoms with Crippen LogP contribution in [0.1, 0.15) is 24.2 Å². The maximum absolute atomic E-state index is 13.1. The van der Waals surface area contributed by atoms with Crippen molar-refractivity contribution in [3.05, 3.63) is 52.0 Å². The molecule has 1 aromatic heterocycles. The molecule has 0 radical (unpaired) electrons. The van der Waals surface area contributed by atoms with Crippen LogP contribution in [0.3, 0.4) is 0 Å². The Morgan fingerprint density at radius 2 is 2.21 bits per heavy atom. The Kier molecular flexibility index (Phi) is 4.71. The summed E-state index contributed by atoms with van der Waals surface area (Å²) in [7, 11) is 1.93. The molecule has 2 aromatic rings. The predicted molar refractivity (Wildman–Crippen MR) is 77.4 cm³/mol. The third kappa shape index (κ3) is 3.42. The van der Waals surface area contributed by atoms with E-state index in [0.29, 0.717) is 0 Å². The molecule has 1 atom stereocenters. The number of nitrogens with one attached hydrogen (secondary N) is 1. The van der Waals surface area contributed by atoms with Crippen molar-refractivity contribution in [1.29, 1.82) is 0 Å². The van der Waals surface area contributed by atoms with E-state index in [4.69, 9.17) is 0 Å². The Hall–Kier alpha value is -1.20. The van der Waals surface area contributed by atoms with Crippen LogP contribution in [0, 0.1) is 5.82 Å². The molecule has 5 heteroatoms. The van der Waals surface area contributed by atoms with Crippen LogP contribution in [0.4, 0.5) is 4.39 Å². The lowest BCUT2D eigenvalue weighted by Gasteiger charge is -2.19. The standard InChI is InChI=1S/C14H17BrFN3/c1-3-17-13(14-6-7-18-19(14)2)8-10-4-5-11(16)9-12(10)15/h4-7,9,13,17H,3,8H2,1-2H3. The van der Waals surface area contributed by atoms with Crippen molar-refractivity contribution in [2.24, 2.45) is 7.05 Å². The van der Waals surface area contributed by atoms with E-state index in [1.807, 2.05) is 23.9 Å². The van der Waals surface area contributed by atoms with Gasteiger partial charge in [0.25, 0.3) is 0 Å². The van der Waals surface area contributed by atoms with Crippen LogP contribution in [0.15, 0.2) is 34.9 Å². The topological polar surface area (TPSA) is 29.9 Å². The summed E-state index contributed by atoms with van der Waals surface area (Å²) < 4.78 is 15.8. The van der Waals surface area contributed by atoms with Crippen molar-refractivity contribution in [3.63, 3.8) is 0 Å². The fourth-order valence-electron chi connectivity index (χ4n) is 2.16. The first kappa shape index (κ1) is 14.2. The molecular weight excluding hydrogens is 309 g/mol. The smallest absolute Gasteiger partial charge is 0.124 e. The molecule has 0 aliphatic heterocycles. The van der Waals surface area contributed by atoms with Crippen molar-refractivity contribution < 1.29 is 4.39 Å². The number of aryl methyl sites for hydroxylation is 1. The molecule has 1 heterocycles. The number of likely N-dealkylation sites (N-methyl/N-ethyl adjacent to an activating group) is 1. The molecule has 1 N–H and O–H groups in total. The highest BCUT2D eigenvalue weighted by Crippen LogP contribution is 2.24. The van der Waals surface area contributed by atoms with Gasteiger partial charge in [0.05, 0.1) is 11.7 Å². The lowest BCUT2D eigenvalue weighted by Crippen LogP contribution is -2.25. The van der Waals surface area contributed by atoms with E-state index in [1.54, 1.807) is 6.20 Å². The minimum Gasteiger partial charge on any atom is -0.309 e. The minimum absolute atomic E-state index is 0.166. The summed E-state index contributed by atoms with van der Waals surface area (Å²) in [4.78, 5) is 0. The first-order valence-electron chi connectivity index (χ1n) is 6.27. The number of rotatable bonds is 5. The zero-order chi connectivity index (χ0) is 13.8. The first-order chi connectivity index (χ1) is 9.11. The number of aromatic nitrogens is 2. The SMILES string of the molecule is CCNC(Cc1ccc(F)cc1Br)c1ccnn1C. The maximum Gasteiger partial charge on any atom is 0.124 e. The molecule has 0 saturated carbocycles. The zero-order valence-corrected chi connectivity index (χ0v) is 12.6. The number of nitrogens with zero attached hydrogens (tertiary/aromatic N) is 2. The molecular formula is C14H17BrFN3. The van der Waals surface area contributed by atoms with E-state index in [1.165, 1.54) is 12.1 Å². The van der Waals surface area contributed by atoms with Gasteiger partial charge in [-0.1, -0.05) is 28.9 Å². The van der Waals surface area contributed by atoms with Crippen molar-refractivity contribution in [3.8, 4) is 0 Å². The van der Waals surface area contributed by atoms with E-state index in [0.717, 1.165) is 28.7 Å². The molecule has 0 aliphatic carbocycles. The van der Waals surface area contributed by atoms with Gasteiger partial charge < -0.3 is 5.32 Å². The van der Waals surface area contributed by atoms with Crippen LogP contribution in [0.5, 0.6) is 0 Å². The quantitative estimate of drug-likeness (QED) is 0.914. The summed E-state index contributed by atoms with van der Waals surface area (Å²) in [5.41, 5.74) is 2.20. The third-order valence-electron chi connectivity index (χ3n) is 3.11. The molecule has 1 unspecified atom stereocenters. The van der Waals surface area contributed by atoms with Gasteiger partial charge in [-0.2, -0.15) is 5.10 Å². The molecule has 0 spiro atoms. The average molecular weight is 326 g/mol. The highest BCUT2D eigenvalue weighted by atomic mass is 79.9. The van der Waals surface area contributed by atoms with Gasteiger partial charge >= 0.3 is 0 Å². The minimum atomic E-state index is -0.226.